The second-order valence-electron chi connectivity index (χ2n) is 4.14. The maximum atomic E-state index is 10.8. The molecule has 0 aromatic rings. The summed E-state index contributed by atoms with van der Waals surface area (Å²) in [6.07, 6.45) is 2.64. The normalized spacial score (nSPS) is 22.1. The number of nitrogens with one attached hydrogen (secondary N) is 1. The van der Waals surface area contributed by atoms with Crippen molar-refractivity contribution in [2.75, 3.05) is 19.6 Å². The standard InChI is InChI=1S/C11H18N2O3/c1-8(11(15)16)3-5-13-6-4-10(7-13)12-9(2)14/h3,10H,4-7H2,1-2H3,(H,12,14)(H,15,16)/b8-3-. The number of likely N-dealkylation sites (tertiary alicyclic amines) is 1. The van der Waals surface area contributed by atoms with Gasteiger partial charge in [0.25, 0.3) is 0 Å². The molecule has 0 aliphatic carbocycles. The van der Waals surface area contributed by atoms with Gasteiger partial charge in [0.1, 0.15) is 0 Å². The Bertz CT molecular complexity index is 312. The molecule has 90 valence electrons. The summed E-state index contributed by atoms with van der Waals surface area (Å²) >= 11 is 0. The van der Waals surface area contributed by atoms with E-state index in [0.717, 1.165) is 19.5 Å². The molecule has 1 aliphatic rings. The van der Waals surface area contributed by atoms with E-state index in [-0.39, 0.29) is 11.9 Å². The number of hydrogen-bond donors (Lipinski definition) is 2. The average Bonchev–Trinajstić information content (AvgIpc) is 2.60. The third-order valence-electron chi connectivity index (χ3n) is 2.67. The minimum atomic E-state index is -0.877. The van der Waals surface area contributed by atoms with E-state index >= 15 is 0 Å². The number of rotatable bonds is 4. The molecular weight excluding hydrogens is 208 g/mol. The molecule has 1 heterocycles. The summed E-state index contributed by atoms with van der Waals surface area (Å²) in [4.78, 5) is 23.5. The van der Waals surface area contributed by atoms with Crippen LogP contribution < -0.4 is 5.32 Å². The first kappa shape index (κ1) is 12.7. The molecule has 0 aromatic heterocycles. The Morgan fingerprint density at radius 2 is 2.19 bits per heavy atom. The van der Waals surface area contributed by atoms with E-state index in [1.807, 2.05) is 0 Å². The molecule has 1 atom stereocenters. The monoisotopic (exact) mass is 226 g/mol. The number of carboxylic acids is 1. The molecule has 5 nitrogen and oxygen atoms in total. The van der Waals surface area contributed by atoms with Gasteiger partial charge >= 0.3 is 5.97 Å². The lowest BCUT2D eigenvalue weighted by Crippen LogP contribution is -2.35. The molecule has 1 saturated heterocycles. The Balaban J connectivity index is 2.34. The largest absolute Gasteiger partial charge is 0.478 e. The van der Waals surface area contributed by atoms with Crippen molar-refractivity contribution in [3.63, 3.8) is 0 Å². The Morgan fingerprint density at radius 3 is 2.75 bits per heavy atom. The van der Waals surface area contributed by atoms with Crippen molar-refractivity contribution in [2.24, 2.45) is 0 Å². The van der Waals surface area contributed by atoms with E-state index in [1.54, 1.807) is 13.0 Å². The lowest BCUT2D eigenvalue weighted by Gasteiger charge is -2.14. The van der Waals surface area contributed by atoms with Gasteiger partial charge in [0.05, 0.1) is 0 Å². The number of carboxylic acid groups (broad SMARTS) is 1. The molecule has 0 radical (unpaired) electrons. The molecule has 0 saturated carbocycles. The first-order chi connectivity index (χ1) is 7.49. The molecule has 0 bridgehead atoms. The topological polar surface area (TPSA) is 69.6 Å². The van der Waals surface area contributed by atoms with Gasteiger partial charge in [-0.3, -0.25) is 9.69 Å². The molecule has 1 aliphatic heterocycles. The van der Waals surface area contributed by atoms with Gasteiger partial charge in [0, 0.05) is 38.2 Å². The second kappa shape index (κ2) is 5.65. The van der Waals surface area contributed by atoms with Crippen LogP contribution in [0, 0.1) is 0 Å². The van der Waals surface area contributed by atoms with Crippen molar-refractivity contribution in [1.82, 2.24) is 10.2 Å². The Hall–Kier alpha value is -1.36. The number of nitrogens with zero attached hydrogens (tertiary/aromatic N) is 1. The number of carbonyl (C=O) groups excluding carboxylic acids is 1. The third-order valence-corrected chi connectivity index (χ3v) is 2.67. The highest BCUT2D eigenvalue weighted by atomic mass is 16.4. The Morgan fingerprint density at radius 1 is 1.50 bits per heavy atom. The van der Waals surface area contributed by atoms with E-state index in [4.69, 9.17) is 5.11 Å². The van der Waals surface area contributed by atoms with Crippen molar-refractivity contribution in [1.29, 1.82) is 0 Å². The maximum Gasteiger partial charge on any atom is 0.330 e. The van der Waals surface area contributed by atoms with Crippen LogP contribution in [0.2, 0.25) is 0 Å². The molecule has 16 heavy (non-hydrogen) atoms. The fourth-order valence-electron chi connectivity index (χ4n) is 1.76. The highest BCUT2D eigenvalue weighted by molar-refractivity contribution is 5.85. The summed E-state index contributed by atoms with van der Waals surface area (Å²) < 4.78 is 0. The molecule has 0 spiro atoms. The van der Waals surface area contributed by atoms with Crippen LogP contribution in [0.25, 0.3) is 0 Å². The van der Waals surface area contributed by atoms with Gasteiger partial charge in [-0.15, -0.1) is 0 Å². The molecule has 2 N–H and O–H groups in total. The lowest BCUT2D eigenvalue weighted by atomic mass is 10.2. The first-order valence-corrected chi connectivity index (χ1v) is 5.38. The van der Waals surface area contributed by atoms with Gasteiger partial charge in [-0.2, -0.15) is 0 Å². The van der Waals surface area contributed by atoms with Crippen molar-refractivity contribution < 1.29 is 14.7 Å². The fourth-order valence-corrected chi connectivity index (χ4v) is 1.76. The summed E-state index contributed by atoms with van der Waals surface area (Å²) in [6.45, 7) is 5.42. The van der Waals surface area contributed by atoms with Crippen LogP contribution in [0.4, 0.5) is 0 Å². The van der Waals surface area contributed by atoms with Crippen LogP contribution >= 0.6 is 0 Å². The SMILES string of the molecule is CC(=O)NC1CCN(C/C=C(/C)C(=O)O)C1. The quantitative estimate of drug-likeness (QED) is 0.673. The van der Waals surface area contributed by atoms with E-state index in [0.29, 0.717) is 12.1 Å². The molecule has 1 rings (SSSR count). The molecule has 0 aromatic carbocycles. The van der Waals surface area contributed by atoms with Crippen LogP contribution in [0.1, 0.15) is 20.3 Å². The maximum absolute atomic E-state index is 10.8. The van der Waals surface area contributed by atoms with Crippen LogP contribution in [0.5, 0.6) is 0 Å². The minimum absolute atomic E-state index is 0.0101. The third kappa shape index (κ3) is 4.02. The highest BCUT2D eigenvalue weighted by Gasteiger charge is 2.21. The smallest absolute Gasteiger partial charge is 0.330 e. The van der Waals surface area contributed by atoms with Crippen molar-refractivity contribution >= 4 is 11.9 Å². The Kier molecular flexibility index (Phi) is 4.49. The van der Waals surface area contributed by atoms with Crippen molar-refractivity contribution in [3.05, 3.63) is 11.6 Å². The minimum Gasteiger partial charge on any atom is -0.478 e. The second-order valence-corrected chi connectivity index (χ2v) is 4.14. The molecule has 1 fully saturated rings. The van der Waals surface area contributed by atoms with Crippen molar-refractivity contribution in [2.45, 2.75) is 26.3 Å². The summed E-state index contributed by atoms with van der Waals surface area (Å²) in [7, 11) is 0. The lowest BCUT2D eigenvalue weighted by molar-refractivity contribution is -0.132. The number of amides is 1. The van der Waals surface area contributed by atoms with Gasteiger partial charge in [0.15, 0.2) is 0 Å². The average molecular weight is 226 g/mol. The van der Waals surface area contributed by atoms with Crippen LogP contribution in [0.15, 0.2) is 11.6 Å². The van der Waals surface area contributed by atoms with Gasteiger partial charge < -0.3 is 10.4 Å². The van der Waals surface area contributed by atoms with Gasteiger partial charge in [-0.05, 0) is 13.3 Å². The van der Waals surface area contributed by atoms with Crippen molar-refractivity contribution in [3.8, 4) is 0 Å². The highest BCUT2D eigenvalue weighted by Crippen LogP contribution is 2.09. The predicted octanol–water partition coefficient (Wildman–Crippen LogP) is 0.228. The zero-order chi connectivity index (χ0) is 12.1. The van der Waals surface area contributed by atoms with Crippen LogP contribution in [-0.4, -0.2) is 47.6 Å². The molecular formula is C11H18N2O3. The summed E-state index contributed by atoms with van der Waals surface area (Å²) in [5.41, 5.74) is 0.364. The fraction of sp³-hybridized carbons (Fsp3) is 0.636. The van der Waals surface area contributed by atoms with Gasteiger partial charge in [0.2, 0.25) is 5.91 Å². The summed E-state index contributed by atoms with van der Waals surface area (Å²) in [5, 5.41) is 11.5. The van der Waals surface area contributed by atoms with Crippen LogP contribution in [-0.2, 0) is 9.59 Å². The number of hydrogen-bond acceptors (Lipinski definition) is 3. The summed E-state index contributed by atoms with van der Waals surface area (Å²) in [5.74, 6) is -0.887. The summed E-state index contributed by atoms with van der Waals surface area (Å²) in [6, 6.07) is 0.205. The van der Waals surface area contributed by atoms with E-state index in [9.17, 15) is 9.59 Å². The molecule has 1 amide bonds. The van der Waals surface area contributed by atoms with E-state index in [2.05, 4.69) is 10.2 Å². The van der Waals surface area contributed by atoms with E-state index in [1.165, 1.54) is 6.92 Å². The zero-order valence-electron chi connectivity index (χ0n) is 9.69. The van der Waals surface area contributed by atoms with E-state index < -0.39 is 5.97 Å². The first-order valence-electron chi connectivity index (χ1n) is 5.38. The number of carbonyl (C=O) groups is 2. The van der Waals surface area contributed by atoms with Gasteiger partial charge in [-0.1, -0.05) is 6.08 Å². The van der Waals surface area contributed by atoms with Gasteiger partial charge in [-0.25, -0.2) is 4.79 Å². The number of aliphatic carboxylic acids is 1. The van der Waals surface area contributed by atoms with Crippen LogP contribution in [0.3, 0.4) is 0 Å². The zero-order valence-corrected chi connectivity index (χ0v) is 9.69. The predicted molar refractivity (Wildman–Crippen MR) is 60.1 cm³/mol. The molecule has 1 unspecified atom stereocenters. The Labute approximate surface area is 95.1 Å². The molecule has 5 heteroatoms.